The van der Waals surface area contributed by atoms with Gasteiger partial charge in [-0.2, -0.15) is 0 Å². The molecule has 0 saturated carbocycles. The number of hydrogen-bond acceptors (Lipinski definition) is 3. The molecule has 0 saturated heterocycles. The lowest BCUT2D eigenvalue weighted by Crippen LogP contribution is -2.16. The van der Waals surface area contributed by atoms with Crippen molar-refractivity contribution in [3.05, 3.63) is 29.8 Å². The van der Waals surface area contributed by atoms with Gasteiger partial charge in [-0.05, 0) is 31.0 Å². The SMILES string of the molecule is CNCC(O)c1cccc(SC)c1. The van der Waals surface area contributed by atoms with Crippen molar-refractivity contribution in [1.82, 2.24) is 5.32 Å². The van der Waals surface area contributed by atoms with Gasteiger partial charge in [0.25, 0.3) is 0 Å². The highest BCUT2D eigenvalue weighted by Gasteiger charge is 2.05. The third-order valence-corrected chi connectivity index (χ3v) is 2.60. The maximum Gasteiger partial charge on any atom is 0.0914 e. The van der Waals surface area contributed by atoms with Crippen LogP contribution < -0.4 is 5.32 Å². The van der Waals surface area contributed by atoms with Gasteiger partial charge in [0.05, 0.1) is 6.10 Å². The third-order valence-electron chi connectivity index (χ3n) is 1.88. The molecule has 1 atom stereocenters. The molecule has 0 heterocycles. The predicted octanol–water partition coefficient (Wildman–Crippen LogP) is 1.66. The Morgan fingerprint density at radius 3 is 2.92 bits per heavy atom. The van der Waals surface area contributed by atoms with Crippen LogP contribution in [0, 0.1) is 0 Å². The van der Waals surface area contributed by atoms with Crippen LogP contribution in [-0.4, -0.2) is 25.0 Å². The third kappa shape index (κ3) is 3.03. The van der Waals surface area contributed by atoms with E-state index in [9.17, 15) is 5.11 Å². The van der Waals surface area contributed by atoms with Crippen LogP contribution in [0.1, 0.15) is 11.7 Å². The van der Waals surface area contributed by atoms with Crippen LogP contribution in [0.25, 0.3) is 0 Å². The quantitative estimate of drug-likeness (QED) is 0.720. The van der Waals surface area contributed by atoms with Crippen molar-refractivity contribution in [3.63, 3.8) is 0 Å². The van der Waals surface area contributed by atoms with E-state index in [2.05, 4.69) is 5.32 Å². The van der Waals surface area contributed by atoms with Crippen LogP contribution in [-0.2, 0) is 0 Å². The van der Waals surface area contributed by atoms with Gasteiger partial charge < -0.3 is 10.4 Å². The molecule has 0 aliphatic rings. The van der Waals surface area contributed by atoms with Crippen molar-refractivity contribution in [2.24, 2.45) is 0 Å². The standard InChI is InChI=1S/C10H15NOS/c1-11-7-10(12)8-4-3-5-9(6-8)13-2/h3-6,10-12H,7H2,1-2H3. The number of hydrogen-bond donors (Lipinski definition) is 2. The van der Waals surface area contributed by atoms with Crippen molar-refractivity contribution in [2.45, 2.75) is 11.0 Å². The zero-order chi connectivity index (χ0) is 9.68. The average Bonchev–Trinajstić information content (AvgIpc) is 2.18. The van der Waals surface area contributed by atoms with E-state index in [0.717, 1.165) is 5.56 Å². The molecule has 0 bridgehead atoms. The Morgan fingerprint density at radius 1 is 1.54 bits per heavy atom. The molecule has 1 aromatic carbocycles. The van der Waals surface area contributed by atoms with Gasteiger partial charge in [0.15, 0.2) is 0 Å². The smallest absolute Gasteiger partial charge is 0.0914 e. The molecule has 1 aromatic rings. The summed E-state index contributed by atoms with van der Waals surface area (Å²) in [7, 11) is 1.83. The molecule has 0 aliphatic heterocycles. The van der Waals surface area contributed by atoms with Gasteiger partial charge in [0.1, 0.15) is 0 Å². The minimum atomic E-state index is -0.405. The van der Waals surface area contributed by atoms with Crippen molar-refractivity contribution in [3.8, 4) is 0 Å². The fourth-order valence-electron chi connectivity index (χ4n) is 1.16. The van der Waals surface area contributed by atoms with Crippen molar-refractivity contribution in [1.29, 1.82) is 0 Å². The topological polar surface area (TPSA) is 32.3 Å². The van der Waals surface area contributed by atoms with Gasteiger partial charge in [0, 0.05) is 11.4 Å². The van der Waals surface area contributed by atoms with Gasteiger partial charge in [-0.25, -0.2) is 0 Å². The zero-order valence-electron chi connectivity index (χ0n) is 7.95. The lowest BCUT2D eigenvalue weighted by molar-refractivity contribution is 0.177. The molecule has 13 heavy (non-hydrogen) atoms. The number of benzene rings is 1. The summed E-state index contributed by atoms with van der Waals surface area (Å²) in [5.41, 5.74) is 0.973. The Labute approximate surface area is 83.4 Å². The summed E-state index contributed by atoms with van der Waals surface area (Å²) in [6.07, 6.45) is 1.63. The van der Waals surface area contributed by atoms with E-state index in [1.54, 1.807) is 11.8 Å². The van der Waals surface area contributed by atoms with Gasteiger partial charge in [-0.15, -0.1) is 11.8 Å². The van der Waals surface area contributed by atoms with E-state index >= 15 is 0 Å². The first-order valence-corrected chi connectivity index (χ1v) is 5.47. The molecule has 1 unspecified atom stereocenters. The van der Waals surface area contributed by atoms with Gasteiger partial charge >= 0.3 is 0 Å². The second-order valence-corrected chi connectivity index (χ2v) is 3.73. The zero-order valence-corrected chi connectivity index (χ0v) is 8.77. The number of thioether (sulfide) groups is 1. The van der Waals surface area contributed by atoms with Crippen molar-refractivity contribution < 1.29 is 5.11 Å². The molecule has 0 fully saturated rings. The molecular weight excluding hydrogens is 182 g/mol. The first kappa shape index (κ1) is 10.6. The highest BCUT2D eigenvalue weighted by molar-refractivity contribution is 7.98. The minimum absolute atomic E-state index is 0.405. The number of aliphatic hydroxyl groups is 1. The van der Waals surface area contributed by atoms with Crippen LogP contribution in [0.2, 0.25) is 0 Å². The Morgan fingerprint density at radius 2 is 2.31 bits per heavy atom. The van der Waals surface area contributed by atoms with E-state index in [-0.39, 0.29) is 0 Å². The highest BCUT2D eigenvalue weighted by Crippen LogP contribution is 2.19. The van der Waals surface area contributed by atoms with Gasteiger partial charge in [-0.3, -0.25) is 0 Å². The van der Waals surface area contributed by atoms with Crippen LogP contribution in [0.15, 0.2) is 29.2 Å². The molecule has 0 amide bonds. The predicted molar refractivity (Wildman–Crippen MR) is 57.1 cm³/mol. The van der Waals surface area contributed by atoms with Crippen LogP contribution in [0.4, 0.5) is 0 Å². The Bertz CT molecular complexity index is 265. The molecule has 0 aromatic heterocycles. The summed E-state index contributed by atoms with van der Waals surface area (Å²) in [5.74, 6) is 0. The fourth-order valence-corrected chi connectivity index (χ4v) is 1.63. The number of nitrogens with one attached hydrogen (secondary N) is 1. The van der Waals surface area contributed by atoms with Gasteiger partial charge in [-0.1, -0.05) is 12.1 Å². The Kier molecular flexibility index (Phi) is 4.28. The summed E-state index contributed by atoms with van der Waals surface area (Å²) in [5, 5.41) is 12.6. The summed E-state index contributed by atoms with van der Waals surface area (Å²) in [6, 6.07) is 7.98. The molecule has 0 spiro atoms. The van der Waals surface area contributed by atoms with E-state index in [0.29, 0.717) is 6.54 Å². The van der Waals surface area contributed by atoms with E-state index in [4.69, 9.17) is 0 Å². The largest absolute Gasteiger partial charge is 0.387 e. The van der Waals surface area contributed by atoms with Crippen LogP contribution in [0.3, 0.4) is 0 Å². The first-order valence-electron chi connectivity index (χ1n) is 4.24. The lowest BCUT2D eigenvalue weighted by atomic mass is 10.1. The molecule has 3 heteroatoms. The Balaban J connectivity index is 2.75. The number of aliphatic hydroxyl groups excluding tert-OH is 1. The maximum atomic E-state index is 9.67. The molecule has 0 radical (unpaired) electrons. The monoisotopic (exact) mass is 197 g/mol. The molecule has 2 N–H and O–H groups in total. The van der Waals surface area contributed by atoms with E-state index < -0.39 is 6.10 Å². The molecule has 2 nitrogen and oxygen atoms in total. The van der Waals surface area contributed by atoms with E-state index in [1.165, 1.54) is 4.90 Å². The summed E-state index contributed by atoms with van der Waals surface area (Å²) in [6.45, 7) is 0.595. The molecule has 0 aliphatic carbocycles. The summed E-state index contributed by atoms with van der Waals surface area (Å²) >= 11 is 1.69. The minimum Gasteiger partial charge on any atom is -0.387 e. The highest BCUT2D eigenvalue weighted by atomic mass is 32.2. The summed E-state index contributed by atoms with van der Waals surface area (Å²) < 4.78 is 0. The number of likely N-dealkylation sites (N-methyl/N-ethyl adjacent to an activating group) is 1. The summed E-state index contributed by atoms with van der Waals surface area (Å²) in [4.78, 5) is 1.19. The van der Waals surface area contributed by atoms with Crippen molar-refractivity contribution in [2.75, 3.05) is 19.8 Å². The van der Waals surface area contributed by atoms with E-state index in [1.807, 2.05) is 37.6 Å². The van der Waals surface area contributed by atoms with Crippen molar-refractivity contribution >= 4 is 11.8 Å². The average molecular weight is 197 g/mol. The fraction of sp³-hybridized carbons (Fsp3) is 0.400. The van der Waals surface area contributed by atoms with Gasteiger partial charge in [0.2, 0.25) is 0 Å². The second kappa shape index (κ2) is 5.27. The first-order chi connectivity index (χ1) is 6.27. The van der Waals surface area contributed by atoms with Crippen LogP contribution >= 0.6 is 11.8 Å². The number of rotatable bonds is 4. The second-order valence-electron chi connectivity index (χ2n) is 2.85. The molecule has 72 valence electrons. The normalized spacial score (nSPS) is 12.8. The molecular formula is C10H15NOS. The Hall–Kier alpha value is -0.510. The lowest BCUT2D eigenvalue weighted by Gasteiger charge is -2.10. The van der Waals surface area contributed by atoms with Crippen LogP contribution in [0.5, 0.6) is 0 Å². The maximum absolute atomic E-state index is 9.67. The molecule has 1 rings (SSSR count).